The molecule has 1 heterocycles. The van der Waals surface area contributed by atoms with E-state index >= 15 is 0 Å². The SMILES string of the molecule is CCN(CC)CCNC(=O)CN1C(=O)NC2(CCC(C(C)(C)CC)CC2)C1=O. The van der Waals surface area contributed by atoms with E-state index in [2.05, 4.69) is 50.2 Å². The molecule has 7 nitrogen and oxygen atoms in total. The summed E-state index contributed by atoms with van der Waals surface area (Å²) in [6, 6.07) is -0.433. The Morgan fingerprint density at radius 3 is 2.36 bits per heavy atom. The van der Waals surface area contributed by atoms with Crippen molar-refractivity contribution in [1.29, 1.82) is 0 Å². The van der Waals surface area contributed by atoms with Crippen LogP contribution in [-0.2, 0) is 9.59 Å². The Labute approximate surface area is 169 Å². The third-order valence-electron chi connectivity index (χ3n) is 7.05. The van der Waals surface area contributed by atoms with Gasteiger partial charge in [-0.2, -0.15) is 0 Å². The van der Waals surface area contributed by atoms with Gasteiger partial charge in [0.1, 0.15) is 12.1 Å². The van der Waals surface area contributed by atoms with E-state index in [1.807, 2.05) is 0 Å². The first-order valence-corrected chi connectivity index (χ1v) is 10.8. The predicted molar refractivity (Wildman–Crippen MR) is 110 cm³/mol. The number of amides is 4. The molecule has 1 saturated carbocycles. The number of imide groups is 1. The summed E-state index contributed by atoms with van der Waals surface area (Å²) in [4.78, 5) is 40.9. The predicted octanol–water partition coefficient (Wildman–Crippen LogP) is 2.36. The minimum absolute atomic E-state index is 0.200. The van der Waals surface area contributed by atoms with Crippen LogP contribution < -0.4 is 10.6 Å². The summed E-state index contributed by atoms with van der Waals surface area (Å²) >= 11 is 0. The molecule has 1 spiro atoms. The van der Waals surface area contributed by atoms with Gasteiger partial charge in [-0.15, -0.1) is 0 Å². The van der Waals surface area contributed by atoms with Gasteiger partial charge in [0.15, 0.2) is 0 Å². The molecule has 0 atom stereocenters. The van der Waals surface area contributed by atoms with E-state index in [1.165, 1.54) is 0 Å². The fraction of sp³-hybridized carbons (Fsp3) is 0.857. The summed E-state index contributed by atoms with van der Waals surface area (Å²) in [5, 5.41) is 5.73. The number of carbonyl (C=O) groups is 3. The molecule has 0 aromatic rings. The Morgan fingerprint density at radius 1 is 1.21 bits per heavy atom. The van der Waals surface area contributed by atoms with E-state index < -0.39 is 11.6 Å². The highest BCUT2D eigenvalue weighted by atomic mass is 16.2. The van der Waals surface area contributed by atoms with Crippen molar-refractivity contribution in [3.63, 3.8) is 0 Å². The maximum absolute atomic E-state index is 13.0. The minimum atomic E-state index is -0.807. The molecular formula is C21H38N4O3. The largest absolute Gasteiger partial charge is 0.353 e. The number of rotatable bonds is 9. The first-order chi connectivity index (χ1) is 13.2. The number of nitrogens with zero attached hydrogens (tertiary/aromatic N) is 2. The van der Waals surface area contributed by atoms with Crippen LogP contribution >= 0.6 is 0 Å². The molecule has 1 aliphatic carbocycles. The second-order valence-electron chi connectivity index (χ2n) is 8.90. The minimum Gasteiger partial charge on any atom is -0.353 e. The fourth-order valence-electron chi connectivity index (χ4n) is 4.43. The highest BCUT2D eigenvalue weighted by Gasteiger charge is 2.53. The first-order valence-electron chi connectivity index (χ1n) is 10.8. The lowest BCUT2D eigenvalue weighted by Gasteiger charge is -2.42. The van der Waals surface area contributed by atoms with Gasteiger partial charge in [0.2, 0.25) is 5.91 Å². The molecule has 7 heteroatoms. The summed E-state index contributed by atoms with van der Waals surface area (Å²) in [6.45, 7) is 13.8. The lowest BCUT2D eigenvalue weighted by atomic mass is 9.65. The monoisotopic (exact) mass is 394 g/mol. The molecule has 2 N–H and O–H groups in total. The highest BCUT2D eigenvalue weighted by molar-refractivity contribution is 6.09. The lowest BCUT2D eigenvalue weighted by molar-refractivity contribution is -0.136. The van der Waals surface area contributed by atoms with E-state index in [4.69, 9.17) is 0 Å². The van der Waals surface area contributed by atoms with Crippen molar-refractivity contribution in [2.75, 3.05) is 32.7 Å². The van der Waals surface area contributed by atoms with Crippen molar-refractivity contribution in [3.8, 4) is 0 Å². The van der Waals surface area contributed by atoms with E-state index in [0.717, 1.165) is 43.8 Å². The summed E-state index contributed by atoms with van der Waals surface area (Å²) in [7, 11) is 0. The maximum atomic E-state index is 13.0. The molecule has 0 aromatic heterocycles. The Hall–Kier alpha value is -1.63. The van der Waals surface area contributed by atoms with Crippen molar-refractivity contribution < 1.29 is 14.4 Å². The molecule has 2 aliphatic rings. The normalized spacial score (nSPS) is 25.5. The van der Waals surface area contributed by atoms with Crippen LogP contribution in [0.3, 0.4) is 0 Å². The van der Waals surface area contributed by atoms with Gasteiger partial charge in [0.05, 0.1) is 0 Å². The number of likely N-dealkylation sites (N-methyl/N-ethyl adjacent to an activating group) is 1. The summed E-state index contributed by atoms with van der Waals surface area (Å²) in [5.74, 6) is 0.0444. The Kier molecular flexibility index (Phi) is 7.48. The summed E-state index contributed by atoms with van der Waals surface area (Å²) in [6.07, 6.45) is 4.27. The van der Waals surface area contributed by atoms with E-state index in [0.29, 0.717) is 25.3 Å². The highest BCUT2D eigenvalue weighted by Crippen LogP contribution is 2.45. The number of carbonyl (C=O) groups excluding carboxylic acids is 3. The smallest absolute Gasteiger partial charge is 0.325 e. The Balaban J connectivity index is 1.89. The zero-order valence-corrected chi connectivity index (χ0v) is 18.3. The molecule has 0 radical (unpaired) electrons. The third kappa shape index (κ3) is 4.85. The Bertz CT molecular complexity index is 578. The number of urea groups is 1. The first kappa shape index (κ1) is 22.7. The van der Waals surface area contributed by atoms with Crippen molar-refractivity contribution in [2.24, 2.45) is 11.3 Å². The van der Waals surface area contributed by atoms with Gasteiger partial charge in [0, 0.05) is 13.1 Å². The van der Waals surface area contributed by atoms with Crippen LogP contribution in [0.4, 0.5) is 4.79 Å². The number of nitrogens with one attached hydrogen (secondary N) is 2. The van der Waals surface area contributed by atoms with Crippen LogP contribution in [0.2, 0.25) is 0 Å². The molecular weight excluding hydrogens is 356 g/mol. The van der Waals surface area contributed by atoms with E-state index in [1.54, 1.807) is 0 Å². The molecule has 0 aromatic carbocycles. The van der Waals surface area contributed by atoms with Crippen LogP contribution in [-0.4, -0.2) is 65.9 Å². The van der Waals surface area contributed by atoms with Crippen molar-refractivity contribution in [1.82, 2.24) is 20.4 Å². The van der Waals surface area contributed by atoms with E-state index in [-0.39, 0.29) is 23.8 Å². The van der Waals surface area contributed by atoms with E-state index in [9.17, 15) is 14.4 Å². The molecule has 1 saturated heterocycles. The van der Waals surface area contributed by atoms with Gasteiger partial charge in [0.25, 0.3) is 5.91 Å². The van der Waals surface area contributed by atoms with Gasteiger partial charge < -0.3 is 15.5 Å². The third-order valence-corrected chi connectivity index (χ3v) is 7.05. The van der Waals surface area contributed by atoms with Gasteiger partial charge in [-0.1, -0.05) is 41.0 Å². The maximum Gasteiger partial charge on any atom is 0.325 e. The van der Waals surface area contributed by atoms with Crippen LogP contribution in [0.25, 0.3) is 0 Å². The zero-order chi connectivity index (χ0) is 20.9. The van der Waals surface area contributed by atoms with Crippen LogP contribution in [0, 0.1) is 11.3 Å². The topological polar surface area (TPSA) is 81.8 Å². The molecule has 2 rings (SSSR count). The quantitative estimate of drug-likeness (QED) is 0.588. The molecule has 0 bridgehead atoms. The average molecular weight is 395 g/mol. The molecule has 2 fully saturated rings. The van der Waals surface area contributed by atoms with Crippen LogP contribution in [0.5, 0.6) is 0 Å². The summed E-state index contributed by atoms with van der Waals surface area (Å²) in [5.41, 5.74) is -0.559. The Morgan fingerprint density at radius 2 is 1.82 bits per heavy atom. The number of hydrogen-bond donors (Lipinski definition) is 2. The van der Waals surface area contributed by atoms with Crippen molar-refractivity contribution >= 4 is 17.8 Å². The molecule has 160 valence electrons. The van der Waals surface area contributed by atoms with Crippen molar-refractivity contribution in [2.45, 2.75) is 72.3 Å². The average Bonchev–Trinajstić information content (AvgIpc) is 2.89. The van der Waals surface area contributed by atoms with Gasteiger partial charge in [-0.3, -0.25) is 14.5 Å². The van der Waals surface area contributed by atoms with Crippen LogP contribution in [0.1, 0.15) is 66.7 Å². The molecule has 4 amide bonds. The number of hydrogen-bond acceptors (Lipinski definition) is 4. The summed E-state index contributed by atoms with van der Waals surface area (Å²) < 4.78 is 0. The van der Waals surface area contributed by atoms with Gasteiger partial charge >= 0.3 is 6.03 Å². The standard InChI is InChI=1S/C21H38N4O3/c1-6-20(4,5)16-9-11-21(12-10-16)18(27)25(19(28)23-21)15-17(26)22-13-14-24(7-2)8-3/h16H,6-15H2,1-5H3,(H,22,26)(H,23,28). The lowest BCUT2D eigenvalue weighted by Crippen LogP contribution is -2.51. The molecule has 28 heavy (non-hydrogen) atoms. The fourth-order valence-corrected chi connectivity index (χ4v) is 4.43. The zero-order valence-electron chi connectivity index (χ0n) is 18.3. The second kappa shape index (κ2) is 9.25. The molecule has 0 unspecified atom stereocenters. The van der Waals surface area contributed by atoms with Crippen molar-refractivity contribution in [3.05, 3.63) is 0 Å². The second-order valence-corrected chi connectivity index (χ2v) is 8.90. The van der Waals surface area contributed by atoms with Crippen LogP contribution in [0.15, 0.2) is 0 Å². The molecule has 1 aliphatic heterocycles. The van der Waals surface area contributed by atoms with Gasteiger partial charge in [-0.05, 0) is 50.1 Å². The van der Waals surface area contributed by atoms with Gasteiger partial charge in [-0.25, -0.2) is 4.79 Å².